The Morgan fingerprint density at radius 3 is 2.45 bits per heavy atom. The molecule has 1 aromatic carbocycles. The van der Waals surface area contributed by atoms with Crippen LogP contribution in [0.25, 0.3) is 0 Å². The van der Waals surface area contributed by atoms with Gasteiger partial charge in [-0.2, -0.15) is 0 Å². The normalized spacial score (nSPS) is 15.5. The SMILES string of the molecule is CCOc1ccc(NC(=O)CC(=O)N2CCC(C)CC2)cc1. The summed E-state index contributed by atoms with van der Waals surface area (Å²) in [4.78, 5) is 25.8. The largest absolute Gasteiger partial charge is 0.494 e. The third-order valence-electron chi connectivity index (χ3n) is 3.90. The van der Waals surface area contributed by atoms with Gasteiger partial charge >= 0.3 is 0 Å². The number of nitrogens with zero attached hydrogens (tertiary/aromatic N) is 1. The van der Waals surface area contributed by atoms with E-state index in [-0.39, 0.29) is 18.2 Å². The number of nitrogens with one attached hydrogen (secondary N) is 1. The van der Waals surface area contributed by atoms with Crippen molar-refractivity contribution in [3.8, 4) is 5.75 Å². The lowest BCUT2D eigenvalue weighted by Gasteiger charge is -2.30. The molecule has 0 aliphatic carbocycles. The number of carbonyl (C=O) groups excluding carboxylic acids is 2. The Kier molecular flexibility index (Phi) is 5.81. The molecule has 5 nitrogen and oxygen atoms in total. The number of amides is 2. The van der Waals surface area contributed by atoms with E-state index in [9.17, 15) is 9.59 Å². The van der Waals surface area contributed by atoms with Crippen LogP contribution in [0.15, 0.2) is 24.3 Å². The van der Waals surface area contributed by atoms with Gasteiger partial charge in [-0.15, -0.1) is 0 Å². The first-order valence-electron chi connectivity index (χ1n) is 7.89. The second-order valence-corrected chi connectivity index (χ2v) is 5.75. The highest BCUT2D eigenvalue weighted by atomic mass is 16.5. The minimum absolute atomic E-state index is 0.0877. The summed E-state index contributed by atoms with van der Waals surface area (Å²) in [5, 5.41) is 2.75. The van der Waals surface area contributed by atoms with Crippen molar-refractivity contribution in [1.29, 1.82) is 0 Å². The molecule has 5 heteroatoms. The Hall–Kier alpha value is -2.04. The molecule has 0 aromatic heterocycles. The summed E-state index contributed by atoms with van der Waals surface area (Å²) in [5.41, 5.74) is 0.675. The predicted octanol–water partition coefficient (Wildman–Crippen LogP) is 2.67. The van der Waals surface area contributed by atoms with E-state index in [4.69, 9.17) is 4.74 Å². The van der Waals surface area contributed by atoms with Crippen LogP contribution in [-0.2, 0) is 9.59 Å². The number of anilines is 1. The maximum absolute atomic E-state index is 12.1. The molecule has 120 valence electrons. The highest BCUT2D eigenvalue weighted by molar-refractivity contribution is 6.03. The van der Waals surface area contributed by atoms with Gasteiger partial charge in [0.15, 0.2) is 0 Å². The Morgan fingerprint density at radius 1 is 1.23 bits per heavy atom. The van der Waals surface area contributed by atoms with E-state index in [2.05, 4.69) is 12.2 Å². The van der Waals surface area contributed by atoms with Gasteiger partial charge in [-0.25, -0.2) is 0 Å². The molecule has 1 N–H and O–H groups in total. The third kappa shape index (κ3) is 4.76. The van der Waals surface area contributed by atoms with Gasteiger partial charge in [-0.1, -0.05) is 6.92 Å². The first kappa shape index (κ1) is 16.3. The van der Waals surface area contributed by atoms with Gasteiger partial charge < -0.3 is 15.0 Å². The minimum atomic E-state index is -0.271. The van der Waals surface area contributed by atoms with Gasteiger partial charge in [-0.05, 0) is 49.9 Å². The van der Waals surface area contributed by atoms with Crippen LogP contribution in [0.3, 0.4) is 0 Å². The molecule has 1 saturated heterocycles. The number of piperidine rings is 1. The van der Waals surface area contributed by atoms with E-state index < -0.39 is 0 Å². The van der Waals surface area contributed by atoms with Gasteiger partial charge in [0.2, 0.25) is 11.8 Å². The summed E-state index contributed by atoms with van der Waals surface area (Å²) < 4.78 is 5.34. The van der Waals surface area contributed by atoms with Crippen molar-refractivity contribution >= 4 is 17.5 Å². The molecule has 22 heavy (non-hydrogen) atoms. The molecule has 0 saturated carbocycles. The first-order chi connectivity index (χ1) is 10.6. The van der Waals surface area contributed by atoms with E-state index in [1.54, 1.807) is 29.2 Å². The molecule has 0 spiro atoms. The Balaban J connectivity index is 1.80. The molecular weight excluding hydrogens is 280 g/mol. The van der Waals surface area contributed by atoms with Crippen molar-refractivity contribution < 1.29 is 14.3 Å². The van der Waals surface area contributed by atoms with Gasteiger partial charge in [0.25, 0.3) is 0 Å². The van der Waals surface area contributed by atoms with E-state index in [0.29, 0.717) is 18.2 Å². The second-order valence-electron chi connectivity index (χ2n) is 5.75. The van der Waals surface area contributed by atoms with Crippen molar-refractivity contribution in [2.45, 2.75) is 33.1 Å². The zero-order valence-corrected chi connectivity index (χ0v) is 13.3. The van der Waals surface area contributed by atoms with Crippen LogP contribution in [-0.4, -0.2) is 36.4 Å². The van der Waals surface area contributed by atoms with Crippen molar-refractivity contribution in [3.05, 3.63) is 24.3 Å². The Bertz CT molecular complexity index is 505. The zero-order valence-electron chi connectivity index (χ0n) is 13.3. The lowest BCUT2D eigenvalue weighted by Crippen LogP contribution is -2.39. The maximum atomic E-state index is 12.1. The van der Waals surface area contributed by atoms with Crippen LogP contribution in [0.4, 0.5) is 5.69 Å². The summed E-state index contributed by atoms with van der Waals surface area (Å²) in [6.07, 6.45) is 1.94. The standard InChI is InChI=1S/C17H24N2O3/c1-3-22-15-6-4-14(5-7-15)18-16(20)12-17(21)19-10-8-13(2)9-11-19/h4-7,13H,3,8-12H2,1-2H3,(H,18,20). The van der Waals surface area contributed by atoms with Gasteiger partial charge in [0.1, 0.15) is 12.2 Å². The van der Waals surface area contributed by atoms with Crippen LogP contribution >= 0.6 is 0 Å². The molecule has 0 atom stereocenters. The van der Waals surface area contributed by atoms with Crippen LogP contribution in [0.1, 0.15) is 33.1 Å². The summed E-state index contributed by atoms with van der Waals surface area (Å²) in [6, 6.07) is 7.14. The smallest absolute Gasteiger partial charge is 0.233 e. The number of rotatable bonds is 5. The molecular formula is C17H24N2O3. The second kappa shape index (κ2) is 7.82. The Morgan fingerprint density at radius 2 is 1.86 bits per heavy atom. The predicted molar refractivity (Wildman–Crippen MR) is 85.8 cm³/mol. The minimum Gasteiger partial charge on any atom is -0.494 e. The molecule has 2 rings (SSSR count). The summed E-state index contributed by atoms with van der Waals surface area (Å²) >= 11 is 0. The summed E-state index contributed by atoms with van der Waals surface area (Å²) in [7, 11) is 0. The number of benzene rings is 1. The molecule has 0 unspecified atom stereocenters. The zero-order chi connectivity index (χ0) is 15.9. The van der Waals surface area contributed by atoms with E-state index in [1.807, 2.05) is 6.92 Å². The molecule has 1 fully saturated rings. The maximum Gasteiger partial charge on any atom is 0.233 e. The highest BCUT2D eigenvalue weighted by Gasteiger charge is 2.22. The van der Waals surface area contributed by atoms with E-state index >= 15 is 0 Å². The number of hydrogen-bond donors (Lipinski definition) is 1. The van der Waals surface area contributed by atoms with Crippen molar-refractivity contribution in [3.63, 3.8) is 0 Å². The number of ether oxygens (including phenoxy) is 1. The molecule has 2 amide bonds. The van der Waals surface area contributed by atoms with Crippen molar-refractivity contribution in [2.75, 3.05) is 25.0 Å². The van der Waals surface area contributed by atoms with Gasteiger partial charge in [0.05, 0.1) is 6.61 Å². The summed E-state index contributed by atoms with van der Waals surface area (Å²) in [6.45, 7) is 6.24. The monoisotopic (exact) mass is 304 g/mol. The quantitative estimate of drug-likeness (QED) is 0.851. The molecule has 0 radical (unpaired) electrons. The van der Waals surface area contributed by atoms with Crippen LogP contribution in [0, 0.1) is 5.92 Å². The third-order valence-corrected chi connectivity index (χ3v) is 3.90. The lowest BCUT2D eigenvalue weighted by molar-refractivity contribution is -0.135. The average Bonchev–Trinajstić information content (AvgIpc) is 2.50. The molecule has 1 aromatic rings. The van der Waals surface area contributed by atoms with Crippen LogP contribution in [0.2, 0.25) is 0 Å². The average molecular weight is 304 g/mol. The molecule has 1 heterocycles. The van der Waals surface area contributed by atoms with Crippen LogP contribution in [0.5, 0.6) is 5.75 Å². The molecule has 0 bridgehead atoms. The van der Waals surface area contributed by atoms with Crippen molar-refractivity contribution in [2.24, 2.45) is 5.92 Å². The fourth-order valence-corrected chi connectivity index (χ4v) is 2.51. The number of likely N-dealkylation sites (tertiary alicyclic amines) is 1. The van der Waals surface area contributed by atoms with E-state index in [1.165, 1.54) is 0 Å². The highest BCUT2D eigenvalue weighted by Crippen LogP contribution is 2.18. The fraction of sp³-hybridized carbons (Fsp3) is 0.529. The van der Waals surface area contributed by atoms with Crippen LogP contribution < -0.4 is 10.1 Å². The van der Waals surface area contributed by atoms with Crippen molar-refractivity contribution in [1.82, 2.24) is 4.90 Å². The molecule has 1 aliphatic rings. The van der Waals surface area contributed by atoms with E-state index in [0.717, 1.165) is 31.7 Å². The lowest BCUT2D eigenvalue weighted by atomic mass is 9.99. The molecule has 1 aliphatic heterocycles. The Labute approximate surface area is 131 Å². The first-order valence-corrected chi connectivity index (χ1v) is 7.89. The fourth-order valence-electron chi connectivity index (χ4n) is 2.51. The number of hydrogen-bond acceptors (Lipinski definition) is 3. The summed E-state index contributed by atoms with van der Waals surface area (Å²) in [5.74, 6) is 1.07. The topological polar surface area (TPSA) is 58.6 Å². The van der Waals surface area contributed by atoms with Gasteiger partial charge in [0, 0.05) is 18.8 Å². The van der Waals surface area contributed by atoms with Gasteiger partial charge in [-0.3, -0.25) is 9.59 Å². The number of carbonyl (C=O) groups is 2.